The van der Waals surface area contributed by atoms with Gasteiger partial charge >= 0.3 is 0 Å². The van der Waals surface area contributed by atoms with Crippen LogP contribution in [0.2, 0.25) is 0 Å². The number of nitrogens with one attached hydrogen (secondary N) is 1. The summed E-state index contributed by atoms with van der Waals surface area (Å²) < 4.78 is 26.8. The molecule has 0 saturated heterocycles. The van der Waals surface area contributed by atoms with Gasteiger partial charge in [0.2, 0.25) is 0 Å². The molecule has 30 heavy (non-hydrogen) atoms. The summed E-state index contributed by atoms with van der Waals surface area (Å²) >= 11 is 0.197. The van der Waals surface area contributed by atoms with Crippen molar-refractivity contribution >= 4 is 28.5 Å². The Labute approximate surface area is 187 Å². The second kappa shape index (κ2) is 11.3. The first-order valence-electron chi connectivity index (χ1n) is 10.2. The summed E-state index contributed by atoms with van der Waals surface area (Å²) in [6.07, 6.45) is 1.47. The zero-order valence-electron chi connectivity index (χ0n) is 18.5. The van der Waals surface area contributed by atoms with Gasteiger partial charge in [-0.25, -0.2) is 0 Å². The van der Waals surface area contributed by atoms with Crippen molar-refractivity contribution in [2.24, 2.45) is 0 Å². The summed E-state index contributed by atoms with van der Waals surface area (Å²) in [7, 11) is 1.67. The zero-order valence-corrected chi connectivity index (χ0v) is 20.2. The zero-order chi connectivity index (χ0) is 22.2. The number of Topliss-reactive ketones (excluding diaryl/α,β-unsaturated/α-hetero) is 1. The topological polar surface area (TPSA) is 70.6 Å². The minimum Gasteiger partial charge on any atom is -0.598 e. The van der Waals surface area contributed by atoms with Crippen LogP contribution in [-0.2, 0) is 26.4 Å². The number of ketones is 1. The van der Waals surface area contributed by atoms with E-state index in [1.165, 1.54) is 0 Å². The van der Waals surface area contributed by atoms with Crippen LogP contribution in [0.15, 0.2) is 41.1 Å². The molecule has 0 fully saturated rings. The van der Waals surface area contributed by atoms with E-state index in [-0.39, 0.29) is 12.2 Å². The van der Waals surface area contributed by atoms with Crippen molar-refractivity contribution in [3.8, 4) is 5.75 Å². The number of benzene rings is 1. The molecule has 5 nitrogen and oxygen atoms in total. The van der Waals surface area contributed by atoms with E-state index in [1.54, 1.807) is 18.4 Å². The lowest BCUT2D eigenvalue weighted by Crippen LogP contribution is -2.52. The van der Waals surface area contributed by atoms with E-state index in [4.69, 9.17) is 9.47 Å². The standard InChI is InChI=1S/C23H33NO4S2/c1-6-20(25)16-23(19-12-15-29-17-19,24-30(26)22(2,3)4)18-8-10-21(11-9-18)28-14-7-13-27-5/h8-12,15,17,24H,6-7,13-14,16H2,1-5H3. The maximum Gasteiger partial charge on any atom is 0.136 e. The third-order valence-corrected chi connectivity index (χ3v) is 7.13. The molecule has 0 bridgehead atoms. The minimum absolute atomic E-state index is 0.111. The molecule has 1 heterocycles. The third-order valence-electron chi connectivity index (χ3n) is 4.80. The minimum atomic E-state index is -1.37. The molecule has 166 valence electrons. The average Bonchev–Trinajstić information content (AvgIpc) is 3.25. The Kier molecular flexibility index (Phi) is 9.37. The second-order valence-corrected chi connectivity index (χ2v) is 10.9. The quantitative estimate of drug-likeness (QED) is 0.370. The van der Waals surface area contributed by atoms with Gasteiger partial charge in [0.1, 0.15) is 21.8 Å². The summed E-state index contributed by atoms with van der Waals surface area (Å²) in [5.74, 6) is 0.868. The van der Waals surface area contributed by atoms with Crippen LogP contribution in [0, 0.1) is 0 Å². The molecule has 2 unspecified atom stereocenters. The fraction of sp³-hybridized carbons (Fsp3) is 0.522. The van der Waals surface area contributed by atoms with Crippen LogP contribution in [0.4, 0.5) is 0 Å². The van der Waals surface area contributed by atoms with Gasteiger partial charge in [0.05, 0.1) is 6.61 Å². The molecule has 0 aliphatic rings. The largest absolute Gasteiger partial charge is 0.598 e. The predicted octanol–water partition coefficient (Wildman–Crippen LogP) is 4.83. The number of carbonyl (C=O) groups is 1. The first-order chi connectivity index (χ1) is 14.2. The molecular weight excluding hydrogens is 418 g/mol. The Morgan fingerprint density at radius 1 is 1.13 bits per heavy atom. The molecule has 1 aromatic carbocycles. The molecule has 2 atom stereocenters. The number of rotatable bonds is 12. The molecule has 0 aliphatic carbocycles. The Balaban J connectivity index is 2.42. The summed E-state index contributed by atoms with van der Waals surface area (Å²) in [5, 5.41) is 4.00. The molecule has 7 heteroatoms. The smallest absolute Gasteiger partial charge is 0.136 e. The summed E-state index contributed by atoms with van der Waals surface area (Å²) in [4.78, 5) is 12.6. The number of methoxy groups -OCH3 is 1. The van der Waals surface area contributed by atoms with Gasteiger partial charge < -0.3 is 14.0 Å². The van der Waals surface area contributed by atoms with E-state index in [2.05, 4.69) is 4.72 Å². The molecule has 0 saturated carbocycles. The monoisotopic (exact) mass is 451 g/mol. The van der Waals surface area contributed by atoms with Crippen LogP contribution < -0.4 is 9.46 Å². The van der Waals surface area contributed by atoms with Gasteiger partial charge in [0.25, 0.3) is 0 Å². The van der Waals surface area contributed by atoms with Gasteiger partial charge in [-0.1, -0.05) is 19.1 Å². The predicted molar refractivity (Wildman–Crippen MR) is 124 cm³/mol. The Bertz CT molecular complexity index is 772. The average molecular weight is 452 g/mol. The fourth-order valence-corrected chi connectivity index (χ4v) is 4.65. The number of carbonyl (C=O) groups excluding carboxylic acids is 1. The highest BCUT2D eigenvalue weighted by molar-refractivity contribution is 7.90. The van der Waals surface area contributed by atoms with E-state index < -0.39 is 21.6 Å². The number of hydrogen-bond donors (Lipinski definition) is 1. The maximum absolute atomic E-state index is 13.1. The van der Waals surface area contributed by atoms with Gasteiger partial charge in [-0.05, 0) is 60.9 Å². The first-order valence-corrected chi connectivity index (χ1v) is 12.3. The van der Waals surface area contributed by atoms with Gasteiger partial charge in [0.15, 0.2) is 0 Å². The lowest BCUT2D eigenvalue weighted by molar-refractivity contribution is -0.119. The Morgan fingerprint density at radius 3 is 2.37 bits per heavy atom. The van der Waals surface area contributed by atoms with Crippen LogP contribution in [0.25, 0.3) is 0 Å². The maximum atomic E-state index is 13.1. The van der Waals surface area contributed by atoms with Gasteiger partial charge in [-0.3, -0.25) is 4.79 Å². The van der Waals surface area contributed by atoms with Crippen molar-refractivity contribution in [3.05, 3.63) is 52.2 Å². The first kappa shape index (κ1) is 24.9. The van der Waals surface area contributed by atoms with Gasteiger partial charge in [-0.2, -0.15) is 11.3 Å². The number of hydrogen-bond acceptors (Lipinski definition) is 6. The van der Waals surface area contributed by atoms with E-state index >= 15 is 0 Å². The lowest BCUT2D eigenvalue weighted by atomic mass is 9.80. The molecule has 1 aromatic heterocycles. The molecular formula is C23H33NO4S2. The SMILES string of the molecule is CCC(=O)CC(N[S+]([O-])C(C)(C)C)(c1ccc(OCCCOC)cc1)c1ccsc1. The number of thiophene rings is 1. The van der Waals surface area contributed by atoms with Crippen LogP contribution >= 0.6 is 11.3 Å². The van der Waals surface area contributed by atoms with Crippen LogP contribution in [0.5, 0.6) is 5.75 Å². The van der Waals surface area contributed by atoms with E-state index in [9.17, 15) is 9.35 Å². The fourth-order valence-electron chi connectivity index (χ4n) is 2.99. The second-order valence-electron chi connectivity index (χ2n) is 8.19. The highest BCUT2D eigenvalue weighted by Gasteiger charge is 2.43. The van der Waals surface area contributed by atoms with Crippen molar-refractivity contribution in [2.45, 2.75) is 57.2 Å². The van der Waals surface area contributed by atoms with Crippen LogP contribution in [-0.4, -0.2) is 35.4 Å². The lowest BCUT2D eigenvalue weighted by Gasteiger charge is -2.37. The molecule has 1 N–H and O–H groups in total. The normalized spacial score (nSPS) is 14.9. The van der Waals surface area contributed by atoms with Crippen molar-refractivity contribution in [3.63, 3.8) is 0 Å². The van der Waals surface area contributed by atoms with Crippen molar-refractivity contribution in [1.82, 2.24) is 4.72 Å². The number of ether oxygens (including phenoxy) is 2. The Morgan fingerprint density at radius 2 is 1.83 bits per heavy atom. The molecule has 0 aliphatic heterocycles. The van der Waals surface area contributed by atoms with E-state index in [1.807, 2.05) is 68.8 Å². The van der Waals surface area contributed by atoms with E-state index in [0.29, 0.717) is 19.6 Å². The highest BCUT2D eigenvalue weighted by Crippen LogP contribution is 2.38. The third kappa shape index (κ3) is 6.56. The summed E-state index contributed by atoms with van der Waals surface area (Å²) in [5.41, 5.74) is 0.977. The molecule has 0 amide bonds. The molecule has 0 radical (unpaired) electrons. The van der Waals surface area contributed by atoms with Crippen LogP contribution in [0.3, 0.4) is 0 Å². The van der Waals surface area contributed by atoms with Gasteiger partial charge in [-0.15, -0.1) is 4.72 Å². The molecule has 2 aromatic rings. The van der Waals surface area contributed by atoms with E-state index in [0.717, 1.165) is 23.3 Å². The summed E-state index contributed by atoms with van der Waals surface area (Å²) in [6.45, 7) is 8.86. The molecule has 0 spiro atoms. The highest BCUT2D eigenvalue weighted by atomic mass is 32.2. The molecule has 2 rings (SSSR count). The van der Waals surface area contributed by atoms with Crippen LogP contribution in [0.1, 0.15) is 58.1 Å². The van der Waals surface area contributed by atoms with Crippen molar-refractivity contribution < 1.29 is 18.8 Å². The van der Waals surface area contributed by atoms with Gasteiger partial charge in [0, 0.05) is 44.3 Å². The Hall–Kier alpha value is -1.38. The van der Waals surface area contributed by atoms with Crippen molar-refractivity contribution in [2.75, 3.05) is 20.3 Å². The summed E-state index contributed by atoms with van der Waals surface area (Å²) in [6, 6.07) is 9.72. The van der Waals surface area contributed by atoms with Crippen molar-refractivity contribution in [1.29, 1.82) is 0 Å².